The van der Waals surface area contributed by atoms with Crippen molar-refractivity contribution in [2.75, 3.05) is 13.7 Å². The SMILES string of the molecule is COc1ccc(CN2CCc3nc(C4CCCCC4)[nH]c(=O)c3C2)cn1. The highest BCUT2D eigenvalue weighted by Gasteiger charge is 2.24. The topological polar surface area (TPSA) is 71.1 Å². The molecule has 2 aliphatic rings. The number of fused-ring (bicyclic) bond motifs is 1. The maximum atomic E-state index is 12.7. The Bertz CT molecular complexity index is 810. The summed E-state index contributed by atoms with van der Waals surface area (Å²) in [5.41, 5.74) is 3.00. The number of ether oxygens (including phenoxy) is 1. The van der Waals surface area contributed by atoms with Crippen molar-refractivity contribution in [1.82, 2.24) is 19.9 Å². The first-order valence-corrected chi connectivity index (χ1v) is 9.56. The number of methoxy groups -OCH3 is 1. The van der Waals surface area contributed by atoms with E-state index in [4.69, 9.17) is 9.72 Å². The molecular formula is C20H26N4O2. The van der Waals surface area contributed by atoms with E-state index < -0.39 is 0 Å². The number of pyridine rings is 1. The molecule has 26 heavy (non-hydrogen) atoms. The molecular weight excluding hydrogens is 328 g/mol. The summed E-state index contributed by atoms with van der Waals surface area (Å²) in [6, 6.07) is 3.90. The number of hydrogen-bond donors (Lipinski definition) is 1. The summed E-state index contributed by atoms with van der Waals surface area (Å²) in [6.45, 7) is 2.34. The van der Waals surface area contributed by atoms with Gasteiger partial charge in [0.15, 0.2) is 0 Å². The van der Waals surface area contributed by atoms with Crippen molar-refractivity contribution in [1.29, 1.82) is 0 Å². The lowest BCUT2D eigenvalue weighted by atomic mass is 9.88. The van der Waals surface area contributed by atoms with Crippen LogP contribution >= 0.6 is 0 Å². The minimum absolute atomic E-state index is 0.0492. The highest BCUT2D eigenvalue weighted by Crippen LogP contribution is 2.30. The molecule has 1 fully saturated rings. The van der Waals surface area contributed by atoms with Gasteiger partial charge in [0.2, 0.25) is 5.88 Å². The molecule has 0 amide bonds. The molecule has 1 aliphatic carbocycles. The van der Waals surface area contributed by atoms with Crippen LogP contribution in [-0.2, 0) is 19.5 Å². The Labute approximate surface area is 153 Å². The van der Waals surface area contributed by atoms with Crippen molar-refractivity contribution < 1.29 is 4.74 Å². The zero-order valence-electron chi connectivity index (χ0n) is 15.3. The number of nitrogens with one attached hydrogen (secondary N) is 1. The van der Waals surface area contributed by atoms with Crippen LogP contribution in [0.5, 0.6) is 5.88 Å². The zero-order chi connectivity index (χ0) is 17.9. The van der Waals surface area contributed by atoms with E-state index in [-0.39, 0.29) is 5.56 Å². The quantitative estimate of drug-likeness (QED) is 0.914. The Morgan fingerprint density at radius 1 is 1.27 bits per heavy atom. The summed E-state index contributed by atoms with van der Waals surface area (Å²) in [5, 5.41) is 0. The van der Waals surface area contributed by atoms with Crippen LogP contribution in [0.15, 0.2) is 23.1 Å². The molecule has 6 nitrogen and oxygen atoms in total. The van der Waals surface area contributed by atoms with Gasteiger partial charge in [0.05, 0.1) is 18.4 Å². The molecule has 2 aromatic rings. The van der Waals surface area contributed by atoms with Crippen molar-refractivity contribution in [3.63, 3.8) is 0 Å². The van der Waals surface area contributed by atoms with Gasteiger partial charge in [-0.2, -0.15) is 0 Å². The zero-order valence-corrected chi connectivity index (χ0v) is 15.3. The second-order valence-electron chi connectivity index (χ2n) is 7.38. The van der Waals surface area contributed by atoms with Crippen molar-refractivity contribution in [2.24, 2.45) is 0 Å². The Morgan fingerprint density at radius 3 is 2.85 bits per heavy atom. The molecule has 1 N–H and O–H groups in total. The van der Waals surface area contributed by atoms with E-state index in [2.05, 4.69) is 14.9 Å². The minimum atomic E-state index is 0.0492. The number of nitrogens with zero attached hydrogens (tertiary/aromatic N) is 3. The summed E-state index contributed by atoms with van der Waals surface area (Å²) in [7, 11) is 1.62. The van der Waals surface area contributed by atoms with Crippen LogP contribution in [0.4, 0.5) is 0 Å². The molecule has 2 aromatic heterocycles. The second kappa shape index (κ2) is 7.58. The van der Waals surface area contributed by atoms with Crippen molar-refractivity contribution in [2.45, 2.75) is 57.5 Å². The number of aromatic amines is 1. The fraction of sp³-hybridized carbons (Fsp3) is 0.550. The number of rotatable bonds is 4. The Hall–Kier alpha value is -2.21. The number of aromatic nitrogens is 3. The van der Waals surface area contributed by atoms with E-state index in [1.807, 2.05) is 18.3 Å². The molecule has 0 saturated heterocycles. The smallest absolute Gasteiger partial charge is 0.255 e. The molecule has 0 aromatic carbocycles. The molecule has 1 aliphatic heterocycles. The molecule has 6 heteroatoms. The van der Waals surface area contributed by atoms with Gasteiger partial charge in [-0.15, -0.1) is 0 Å². The molecule has 0 spiro atoms. The van der Waals surface area contributed by atoms with E-state index in [0.29, 0.717) is 18.3 Å². The lowest BCUT2D eigenvalue weighted by Gasteiger charge is -2.28. The summed E-state index contributed by atoms with van der Waals surface area (Å²) < 4.78 is 5.10. The fourth-order valence-electron chi connectivity index (χ4n) is 4.09. The highest BCUT2D eigenvalue weighted by molar-refractivity contribution is 5.23. The van der Waals surface area contributed by atoms with Crippen molar-refractivity contribution in [3.8, 4) is 5.88 Å². The predicted molar refractivity (Wildman–Crippen MR) is 99.3 cm³/mol. The minimum Gasteiger partial charge on any atom is -0.481 e. The van der Waals surface area contributed by atoms with Gasteiger partial charge in [-0.05, 0) is 18.4 Å². The summed E-state index contributed by atoms with van der Waals surface area (Å²) in [6.07, 6.45) is 8.77. The van der Waals surface area contributed by atoms with E-state index >= 15 is 0 Å². The van der Waals surface area contributed by atoms with E-state index in [0.717, 1.165) is 55.0 Å². The van der Waals surface area contributed by atoms with Gasteiger partial charge in [0.25, 0.3) is 5.56 Å². The van der Waals surface area contributed by atoms with Crippen LogP contribution in [0.2, 0.25) is 0 Å². The predicted octanol–water partition coefficient (Wildman–Crippen LogP) is 2.78. The van der Waals surface area contributed by atoms with Gasteiger partial charge >= 0.3 is 0 Å². The van der Waals surface area contributed by atoms with Gasteiger partial charge in [-0.3, -0.25) is 9.69 Å². The third-order valence-corrected chi connectivity index (χ3v) is 5.57. The average molecular weight is 354 g/mol. The van der Waals surface area contributed by atoms with Gasteiger partial charge in [-0.1, -0.05) is 25.3 Å². The van der Waals surface area contributed by atoms with Crippen LogP contribution in [-0.4, -0.2) is 33.5 Å². The third-order valence-electron chi connectivity index (χ3n) is 5.57. The first-order chi connectivity index (χ1) is 12.7. The fourth-order valence-corrected chi connectivity index (χ4v) is 4.09. The Balaban J connectivity index is 1.48. The normalized spacial score (nSPS) is 18.5. The van der Waals surface area contributed by atoms with Crippen molar-refractivity contribution in [3.05, 3.63) is 51.3 Å². The number of H-pyrrole nitrogens is 1. The summed E-state index contributed by atoms with van der Waals surface area (Å²) >= 11 is 0. The average Bonchev–Trinajstić information content (AvgIpc) is 2.69. The van der Waals surface area contributed by atoms with E-state index in [9.17, 15) is 4.79 Å². The lowest BCUT2D eigenvalue weighted by molar-refractivity contribution is 0.240. The Morgan fingerprint density at radius 2 is 2.12 bits per heavy atom. The third kappa shape index (κ3) is 3.65. The van der Waals surface area contributed by atoms with Crippen LogP contribution in [0.1, 0.15) is 60.7 Å². The molecule has 1 saturated carbocycles. The second-order valence-corrected chi connectivity index (χ2v) is 7.38. The summed E-state index contributed by atoms with van der Waals surface area (Å²) in [4.78, 5) is 27.1. The Kier molecular flexibility index (Phi) is 5.02. The lowest BCUT2D eigenvalue weighted by Crippen LogP contribution is -2.36. The van der Waals surface area contributed by atoms with Gasteiger partial charge in [0.1, 0.15) is 5.82 Å². The van der Waals surface area contributed by atoms with Gasteiger partial charge < -0.3 is 9.72 Å². The maximum absolute atomic E-state index is 12.7. The molecule has 4 rings (SSSR count). The van der Waals surface area contributed by atoms with Gasteiger partial charge in [-0.25, -0.2) is 9.97 Å². The van der Waals surface area contributed by atoms with Crippen LogP contribution in [0.25, 0.3) is 0 Å². The first kappa shape index (κ1) is 17.2. The standard InChI is InChI=1S/C20H26N4O2/c1-26-18-8-7-14(11-21-18)12-24-10-9-17-16(13-24)20(25)23-19(22-17)15-5-3-2-4-6-15/h7-8,11,15H,2-6,9-10,12-13H2,1H3,(H,22,23,25). The highest BCUT2D eigenvalue weighted by atomic mass is 16.5. The summed E-state index contributed by atoms with van der Waals surface area (Å²) in [5.74, 6) is 1.97. The van der Waals surface area contributed by atoms with Crippen LogP contribution in [0.3, 0.4) is 0 Å². The van der Waals surface area contributed by atoms with Crippen LogP contribution in [0, 0.1) is 0 Å². The van der Waals surface area contributed by atoms with Crippen molar-refractivity contribution >= 4 is 0 Å². The largest absolute Gasteiger partial charge is 0.481 e. The molecule has 0 unspecified atom stereocenters. The van der Waals surface area contributed by atoms with Gasteiger partial charge in [0, 0.05) is 44.2 Å². The monoisotopic (exact) mass is 354 g/mol. The van der Waals surface area contributed by atoms with E-state index in [1.54, 1.807) is 7.11 Å². The van der Waals surface area contributed by atoms with Crippen LogP contribution < -0.4 is 10.3 Å². The molecule has 0 atom stereocenters. The molecule has 138 valence electrons. The number of hydrogen-bond acceptors (Lipinski definition) is 5. The molecule has 0 radical (unpaired) electrons. The molecule has 0 bridgehead atoms. The first-order valence-electron chi connectivity index (χ1n) is 9.56. The molecule has 3 heterocycles. The van der Waals surface area contributed by atoms with E-state index in [1.165, 1.54) is 19.3 Å². The maximum Gasteiger partial charge on any atom is 0.255 e.